The van der Waals surface area contributed by atoms with E-state index in [0.717, 1.165) is 43.6 Å². The van der Waals surface area contributed by atoms with Gasteiger partial charge in [0.25, 0.3) is 0 Å². The smallest absolute Gasteiger partial charge is 0.233 e. The molecule has 5 radical (unpaired) electrons. The van der Waals surface area contributed by atoms with Gasteiger partial charge in [-0.15, -0.1) is 0 Å². The lowest BCUT2D eigenvalue weighted by atomic mass is 9.49. The first-order valence-electron chi connectivity index (χ1n) is 10.3. The van der Waals surface area contributed by atoms with Gasteiger partial charge in [0.1, 0.15) is 0 Å². The molecule has 0 spiro atoms. The number of carbonyl (C=O) groups is 1. The second-order valence-corrected chi connectivity index (χ2v) is 7.50. The normalized spacial score (nSPS) is 16.8. The molecule has 1 amide bonds. The zero-order chi connectivity index (χ0) is 20.6. The van der Waals surface area contributed by atoms with Crippen LogP contribution in [-0.2, 0) is 4.79 Å². The van der Waals surface area contributed by atoms with Crippen LogP contribution in [0, 0.1) is 0 Å². The minimum Gasteiger partial charge on any atom is -0.369 e. The van der Waals surface area contributed by atoms with E-state index in [-0.39, 0.29) is 11.8 Å². The van der Waals surface area contributed by atoms with Crippen molar-refractivity contribution in [2.24, 2.45) is 0 Å². The number of nitrogens with one attached hydrogen (secondary N) is 1. The Bertz CT molecular complexity index is 782. The highest BCUT2D eigenvalue weighted by atomic mass is 16.2. The summed E-state index contributed by atoms with van der Waals surface area (Å²) in [5.74, 6) is -0.456. The number of piperazine rings is 1. The fourth-order valence-corrected chi connectivity index (χ4v) is 4.01. The first-order chi connectivity index (χ1) is 14.1. The number of para-hydroxylation sites is 1. The highest BCUT2D eigenvalue weighted by Gasteiger charge is 2.23. The molecule has 7 heteroatoms. The van der Waals surface area contributed by atoms with Crippen LogP contribution in [-0.4, -0.2) is 72.2 Å². The summed E-state index contributed by atoms with van der Waals surface area (Å²) in [5, 5.41) is 3.00. The molecule has 0 aromatic heterocycles. The van der Waals surface area contributed by atoms with Crippen molar-refractivity contribution in [3.63, 3.8) is 0 Å². The monoisotopic (exact) mass is 382 g/mol. The number of benzene rings is 2. The van der Waals surface area contributed by atoms with E-state index in [4.69, 9.17) is 15.6 Å². The molecule has 2 aromatic rings. The molecule has 2 aromatic carbocycles. The summed E-state index contributed by atoms with van der Waals surface area (Å²) in [6.07, 6.45) is 0.821. The van der Waals surface area contributed by atoms with Gasteiger partial charge in [0.2, 0.25) is 5.91 Å². The predicted octanol–water partition coefficient (Wildman–Crippen LogP) is 1.03. The number of rotatable bonds is 8. The van der Waals surface area contributed by atoms with Crippen molar-refractivity contribution < 1.29 is 4.79 Å². The third kappa shape index (κ3) is 5.69. The Morgan fingerprint density at radius 2 is 1.72 bits per heavy atom. The second-order valence-electron chi connectivity index (χ2n) is 7.50. The first kappa shape index (κ1) is 21.6. The molecule has 3 rings (SSSR count). The molecular formula is C22H27B3N3O. The lowest BCUT2D eigenvalue weighted by Gasteiger charge is -2.36. The molecule has 1 aliphatic heterocycles. The molecule has 4 nitrogen and oxygen atoms in total. The van der Waals surface area contributed by atoms with Crippen LogP contribution in [0.1, 0.15) is 24.8 Å². The van der Waals surface area contributed by atoms with Crippen molar-refractivity contribution in [3.8, 4) is 0 Å². The van der Waals surface area contributed by atoms with Gasteiger partial charge in [-0.2, -0.15) is 0 Å². The fourth-order valence-electron chi connectivity index (χ4n) is 4.01. The van der Waals surface area contributed by atoms with Crippen LogP contribution in [0.3, 0.4) is 0 Å². The molecule has 0 bridgehead atoms. The maximum Gasteiger partial charge on any atom is 0.233 e. The summed E-state index contributed by atoms with van der Waals surface area (Å²) in [7, 11) is 13.7. The molecule has 1 N–H and O–H groups in total. The van der Waals surface area contributed by atoms with E-state index in [2.05, 4.69) is 46.3 Å². The first-order valence-corrected chi connectivity index (χ1v) is 10.3. The molecule has 29 heavy (non-hydrogen) atoms. The number of amides is 1. The summed E-state index contributed by atoms with van der Waals surface area (Å²) in [4.78, 5) is 17.1. The highest BCUT2D eigenvalue weighted by Crippen LogP contribution is 2.21. The molecule has 145 valence electrons. The number of hydrogen-bond donors (Lipinski definition) is 1. The van der Waals surface area contributed by atoms with E-state index in [1.807, 2.05) is 30.3 Å². The van der Waals surface area contributed by atoms with Gasteiger partial charge in [-0.3, -0.25) is 9.69 Å². The van der Waals surface area contributed by atoms with Crippen LogP contribution in [0.15, 0.2) is 54.6 Å². The van der Waals surface area contributed by atoms with E-state index in [9.17, 15) is 4.79 Å². The Balaban J connectivity index is 1.51. The van der Waals surface area contributed by atoms with Crippen LogP contribution in [0.2, 0.25) is 0 Å². The van der Waals surface area contributed by atoms with E-state index in [1.54, 1.807) is 7.17 Å². The van der Waals surface area contributed by atoms with Gasteiger partial charge >= 0.3 is 0 Å². The largest absolute Gasteiger partial charge is 0.369 e. The molecule has 0 saturated carbocycles. The topological polar surface area (TPSA) is 35.6 Å². The maximum absolute atomic E-state index is 12.6. The van der Waals surface area contributed by atoms with Gasteiger partial charge in [-0.05, 0) is 30.4 Å². The van der Waals surface area contributed by atoms with Crippen LogP contribution < -0.4 is 15.7 Å². The molecular weight excluding hydrogens is 355 g/mol. The highest BCUT2D eigenvalue weighted by molar-refractivity contribution is 6.97. The van der Waals surface area contributed by atoms with Gasteiger partial charge in [-0.25, -0.2) is 0 Å². The van der Waals surface area contributed by atoms with Crippen molar-refractivity contribution in [2.75, 3.05) is 37.6 Å². The van der Waals surface area contributed by atoms with Crippen molar-refractivity contribution in [1.82, 2.24) is 10.2 Å². The molecule has 1 saturated heterocycles. The standard InChI is InChI=1S/C22H27B3N3O/c1-2-18(19-10-6-7-11-20(19)25-24)22(23)26-21(29)16-27-12-14-28(15-13-27)17-8-4-3-5-9-17/h3-11,18,22H,2,12-16H2,1H3,(H,26,29). The zero-order valence-electron chi connectivity index (χ0n) is 17.1. The van der Waals surface area contributed by atoms with Gasteiger partial charge in [0.15, 0.2) is 0 Å². The molecule has 0 aliphatic carbocycles. The SMILES string of the molecule is [B][B]c1ccccc1C(CC)C([B])NC(=O)CN1CCN(c2ccccc2)CC1. The molecule has 1 aliphatic rings. The Morgan fingerprint density at radius 1 is 1.07 bits per heavy atom. The van der Waals surface area contributed by atoms with Crippen LogP contribution in [0.4, 0.5) is 5.69 Å². The summed E-state index contributed by atoms with van der Waals surface area (Å²) in [5.41, 5.74) is 3.27. The Hall–Kier alpha value is -2.14. The minimum absolute atomic E-state index is 0.0184. The predicted molar refractivity (Wildman–Crippen MR) is 123 cm³/mol. The van der Waals surface area contributed by atoms with Crippen LogP contribution >= 0.6 is 0 Å². The Kier molecular flexibility index (Phi) is 7.87. The molecule has 1 heterocycles. The van der Waals surface area contributed by atoms with E-state index in [1.165, 1.54) is 5.69 Å². The molecule has 2 unspecified atom stereocenters. The van der Waals surface area contributed by atoms with Crippen molar-refractivity contribution >= 4 is 39.8 Å². The van der Waals surface area contributed by atoms with E-state index < -0.39 is 5.94 Å². The van der Waals surface area contributed by atoms with Crippen molar-refractivity contribution in [1.29, 1.82) is 0 Å². The average Bonchev–Trinajstić information content (AvgIpc) is 2.75. The minimum atomic E-state index is -0.445. The number of carbonyl (C=O) groups excluding carboxylic acids is 1. The Labute approximate surface area is 178 Å². The molecule has 1 fully saturated rings. The van der Waals surface area contributed by atoms with E-state index >= 15 is 0 Å². The number of anilines is 1. The quantitative estimate of drug-likeness (QED) is 0.694. The van der Waals surface area contributed by atoms with Gasteiger partial charge in [0, 0.05) is 39.6 Å². The van der Waals surface area contributed by atoms with E-state index in [0.29, 0.717) is 6.54 Å². The fraction of sp³-hybridized carbons (Fsp3) is 0.409. The van der Waals surface area contributed by atoms with Crippen molar-refractivity contribution in [3.05, 3.63) is 60.2 Å². The summed E-state index contributed by atoms with van der Waals surface area (Å²) >= 11 is 0. The summed E-state index contributed by atoms with van der Waals surface area (Å²) in [6, 6.07) is 18.3. The lowest BCUT2D eigenvalue weighted by Crippen LogP contribution is -2.51. The summed E-state index contributed by atoms with van der Waals surface area (Å²) < 4.78 is 0. The van der Waals surface area contributed by atoms with Gasteiger partial charge < -0.3 is 10.2 Å². The second kappa shape index (κ2) is 10.6. The maximum atomic E-state index is 12.6. The van der Waals surface area contributed by atoms with Crippen molar-refractivity contribution in [2.45, 2.75) is 25.2 Å². The number of hydrogen-bond acceptors (Lipinski definition) is 3. The Morgan fingerprint density at radius 3 is 2.38 bits per heavy atom. The zero-order valence-corrected chi connectivity index (χ0v) is 17.1. The third-order valence-electron chi connectivity index (χ3n) is 5.64. The number of nitrogens with zero attached hydrogens (tertiary/aromatic N) is 2. The third-order valence-corrected chi connectivity index (χ3v) is 5.64. The lowest BCUT2D eigenvalue weighted by molar-refractivity contribution is -0.122. The summed E-state index contributed by atoms with van der Waals surface area (Å²) in [6.45, 7) is 6.00. The van der Waals surface area contributed by atoms with Gasteiger partial charge in [0.05, 0.1) is 21.6 Å². The van der Waals surface area contributed by atoms with Crippen LogP contribution in [0.25, 0.3) is 0 Å². The van der Waals surface area contributed by atoms with Crippen LogP contribution in [0.5, 0.6) is 0 Å². The van der Waals surface area contributed by atoms with Gasteiger partial charge in [-0.1, -0.05) is 60.4 Å². The average molecular weight is 382 g/mol. The molecule has 2 atom stereocenters.